The minimum atomic E-state index is -0.982. The highest BCUT2D eigenvalue weighted by Crippen LogP contribution is 2.15. The standard InChI is InChI=1S/C10H10FNO4/c1-15-10(14)9(13)12-7-2-4-8(5-3-7)16-6-11/h2-5H,6H2,1H3,(H,12,13). The van der Waals surface area contributed by atoms with Crippen LogP contribution in [0.1, 0.15) is 0 Å². The molecule has 0 fully saturated rings. The van der Waals surface area contributed by atoms with Gasteiger partial charge in [0, 0.05) is 5.69 Å². The van der Waals surface area contributed by atoms with E-state index in [4.69, 9.17) is 0 Å². The second kappa shape index (κ2) is 5.69. The van der Waals surface area contributed by atoms with Crippen LogP contribution in [0.15, 0.2) is 24.3 Å². The van der Waals surface area contributed by atoms with Crippen molar-refractivity contribution in [2.45, 2.75) is 0 Å². The van der Waals surface area contributed by atoms with E-state index in [0.717, 1.165) is 7.11 Å². The van der Waals surface area contributed by atoms with E-state index in [1.165, 1.54) is 24.3 Å². The van der Waals surface area contributed by atoms with Gasteiger partial charge in [0.15, 0.2) is 0 Å². The Morgan fingerprint density at radius 2 is 1.94 bits per heavy atom. The molecule has 1 aromatic carbocycles. The molecule has 86 valence electrons. The van der Waals surface area contributed by atoms with Crippen LogP contribution in [0.25, 0.3) is 0 Å². The molecule has 0 aliphatic heterocycles. The fourth-order valence-electron chi connectivity index (χ4n) is 0.972. The molecule has 0 aliphatic rings. The average molecular weight is 227 g/mol. The maximum atomic E-state index is 11.8. The van der Waals surface area contributed by atoms with Crippen molar-refractivity contribution in [3.05, 3.63) is 24.3 Å². The molecule has 0 radical (unpaired) electrons. The van der Waals surface area contributed by atoms with Crippen LogP contribution >= 0.6 is 0 Å². The first-order chi connectivity index (χ1) is 7.67. The van der Waals surface area contributed by atoms with Gasteiger partial charge in [-0.05, 0) is 24.3 Å². The molecule has 1 amide bonds. The van der Waals surface area contributed by atoms with E-state index < -0.39 is 18.7 Å². The number of benzene rings is 1. The van der Waals surface area contributed by atoms with E-state index in [1.54, 1.807) is 0 Å². The number of amides is 1. The number of carbonyl (C=O) groups is 2. The monoisotopic (exact) mass is 227 g/mol. The molecule has 0 spiro atoms. The minimum absolute atomic E-state index is 0.332. The smallest absolute Gasteiger partial charge is 0.396 e. The van der Waals surface area contributed by atoms with Crippen molar-refractivity contribution < 1.29 is 23.5 Å². The molecule has 0 heterocycles. The van der Waals surface area contributed by atoms with Crippen LogP contribution < -0.4 is 10.1 Å². The first-order valence-corrected chi connectivity index (χ1v) is 4.35. The van der Waals surface area contributed by atoms with Crippen LogP contribution in [0.5, 0.6) is 5.75 Å². The molecular formula is C10H10FNO4. The van der Waals surface area contributed by atoms with Gasteiger partial charge in [0.2, 0.25) is 6.86 Å². The third-order valence-electron chi connectivity index (χ3n) is 1.70. The molecule has 1 N–H and O–H groups in total. The molecule has 0 aliphatic carbocycles. The number of halogens is 1. The van der Waals surface area contributed by atoms with Gasteiger partial charge < -0.3 is 14.8 Å². The number of ether oxygens (including phenoxy) is 2. The third-order valence-corrected chi connectivity index (χ3v) is 1.70. The highest BCUT2D eigenvalue weighted by Gasteiger charge is 2.13. The molecule has 0 bridgehead atoms. The van der Waals surface area contributed by atoms with E-state index in [-0.39, 0.29) is 0 Å². The van der Waals surface area contributed by atoms with Crippen LogP contribution in [0.3, 0.4) is 0 Å². The fraction of sp³-hybridized carbons (Fsp3) is 0.200. The van der Waals surface area contributed by atoms with Gasteiger partial charge in [0.25, 0.3) is 0 Å². The number of hydrogen-bond acceptors (Lipinski definition) is 4. The number of esters is 1. The maximum Gasteiger partial charge on any atom is 0.396 e. The van der Waals surface area contributed by atoms with Gasteiger partial charge in [-0.2, -0.15) is 0 Å². The van der Waals surface area contributed by atoms with Crippen molar-refractivity contribution in [3.8, 4) is 5.75 Å². The third kappa shape index (κ3) is 3.23. The first kappa shape index (κ1) is 12.0. The van der Waals surface area contributed by atoms with E-state index in [2.05, 4.69) is 14.8 Å². The number of methoxy groups -OCH3 is 1. The molecular weight excluding hydrogens is 217 g/mol. The predicted octanol–water partition coefficient (Wildman–Crippen LogP) is 1.10. The van der Waals surface area contributed by atoms with Gasteiger partial charge in [-0.15, -0.1) is 0 Å². The lowest BCUT2D eigenvalue weighted by molar-refractivity contribution is -0.150. The van der Waals surface area contributed by atoms with Crippen LogP contribution in [-0.4, -0.2) is 25.8 Å². The molecule has 0 saturated carbocycles. The highest BCUT2D eigenvalue weighted by molar-refractivity contribution is 6.37. The zero-order valence-electron chi connectivity index (χ0n) is 8.53. The summed E-state index contributed by atoms with van der Waals surface area (Å²) in [5, 5.41) is 2.30. The van der Waals surface area contributed by atoms with Gasteiger partial charge >= 0.3 is 11.9 Å². The number of rotatable bonds is 3. The van der Waals surface area contributed by atoms with Crippen molar-refractivity contribution in [1.82, 2.24) is 0 Å². The van der Waals surface area contributed by atoms with Gasteiger partial charge in [0.05, 0.1) is 7.11 Å². The summed E-state index contributed by atoms with van der Waals surface area (Å²) in [6.45, 7) is -0.923. The molecule has 6 heteroatoms. The summed E-state index contributed by atoms with van der Waals surface area (Å²) < 4.78 is 20.6. The Morgan fingerprint density at radius 3 is 2.44 bits per heavy atom. The zero-order valence-corrected chi connectivity index (χ0v) is 8.53. The van der Waals surface area contributed by atoms with Gasteiger partial charge in [-0.3, -0.25) is 4.79 Å². The first-order valence-electron chi connectivity index (χ1n) is 4.35. The van der Waals surface area contributed by atoms with Crippen LogP contribution in [-0.2, 0) is 14.3 Å². The fourth-order valence-corrected chi connectivity index (χ4v) is 0.972. The Kier molecular flexibility index (Phi) is 4.26. The van der Waals surface area contributed by atoms with Gasteiger partial charge in [-0.25, -0.2) is 9.18 Å². The maximum absolute atomic E-state index is 11.8. The summed E-state index contributed by atoms with van der Waals surface area (Å²) in [6.07, 6.45) is 0. The molecule has 1 rings (SSSR count). The normalized spacial score (nSPS) is 9.38. The average Bonchev–Trinajstić information content (AvgIpc) is 2.31. The Labute approximate surface area is 91.2 Å². The lowest BCUT2D eigenvalue weighted by Crippen LogP contribution is -2.23. The van der Waals surface area contributed by atoms with Crippen LogP contribution in [0.4, 0.5) is 10.1 Å². The lowest BCUT2D eigenvalue weighted by atomic mass is 10.3. The van der Waals surface area contributed by atoms with E-state index >= 15 is 0 Å². The summed E-state index contributed by atoms with van der Waals surface area (Å²) >= 11 is 0. The molecule has 0 saturated heterocycles. The van der Waals surface area contributed by atoms with Gasteiger partial charge in [-0.1, -0.05) is 0 Å². The number of carbonyl (C=O) groups excluding carboxylic acids is 2. The largest absolute Gasteiger partial charge is 0.463 e. The van der Waals surface area contributed by atoms with E-state index in [1.807, 2.05) is 0 Å². The molecule has 0 atom stereocenters. The summed E-state index contributed by atoms with van der Waals surface area (Å²) in [5.41, 5.74) is 0.390. The van der Waals surface area contributed by atoms with Crippen LogP contribution in [0, 0.1) is 0 Å². The second-order valence-corrected chi connectivity index (χ2v) is 2.72. The number of nitrogens with one attached hydrogen (secondary N) is 1. The molecule has 1 aromatic rings. The van der Waals surface area contributed by atoms with Gasteiger partial charge in [0.1, 0.15) is 5.75 Å². The molecule has 0 unspecified atom stereocenters. The van der Waals surface area contributed by atoms with Crippen molar-refractivity contribution in [1.29, 1.82) is 0 Å². The minimum Gasteiger partial charge on any atom is -0.463 e. The zero-order chi connectivity index (χ0) is 12.0. The Balaban J connectivity index is 2.61. The quantitative estimate of drug-likeness (QED) is 0.620. The number of hydrogen-bond donors (Lipinski definition) is 1. The summed E-state index contributed by atoms with van der Waals surface area (Å²) in [7, 11) is 1.11. The molecule has 16 heavy (non-hydrogen) atoms. The summed E-state index contributed by atoms with van der Waals surface area (Å²) in [4.78, 5) is 21.9. The topological polar surface area (TPSA) is 64.6 Å². The number of alkyl halides is 1. The van der Waals surface area contributed by atoms with Crippen LogP contribution in [0.2, 0.25) is 0 Å². The second-order valence-electron chi connectivity index (χ2n) is 2.72. The Hall–Kier alpha value is -2.11. The highest BCUT2D eigenvalue weighted by atomic mass is 19.1. The predicted molar refractivity (Wildman–Crippen MR) is 53.7 cm³/mol. The Morgan fingerprint density at radius 1 is 1.31 bits per heavy atom. The van der Waals surface area contributed by atoms with Crippen molar-refractivity contribution in [2.75, 3.05) is 19.3 Å². The Bertz CT molecular complexity index is 377. The van der Waals surface area contributed by atoms with Crippen molar-refractivity contribution in [3.63, 3.8) is 0 Å². The lowest BCUT2D eigenvalue weighted by Gasteiger charge is -2.05. The summed E-state index contributed by atoms with van der Waals surface area (Å²) in [5.74, 6) is -1.52. The molecule has 5 nitrogen and oxygen atoms in total. The van der Waals surface area contributed by atoms with Crippen molar-refractivity contribution in [2.24, 2.45) is 0 Å². The molecule has 0 aromatic heterocycles. The number of anilines is 1. The van der Waals surface area contributed by atoms with E-state index in [9.17, 15) is 14.0 Å². The summed E-state index contributed by atoms with van der Waals surface area (Å²) in [6, 6.07) is 5.89. The van der Waals surface area contributed by atoms with Crippen molar-refractivity contribution >= 4 is 17.6 Å². The van der Waals surface area contributed by atoms with E-state index in [0.29, 0.717) is 11.4 Å². The SMILES string of the molecule is COC(=O)C(=O)Nc1ccc(OCF)cc1.